The highest BCUT2D eigenvalue weighted by Crippen LogP contribution is 2.18. The maximum Gasteiger partial charge on any atom is 0.322 e. The maximum absolute atomic E-state index is 5.88. The minimum absolute atomic E-state index is 0.153. The highest BCUT2D eigenvalue weighted by molar-refractivity contribution is 6.28. The number of rotatable bonds is 8. The van der Waals surface area contributed by atoms with Gasteiger partial charge in [-0.1, -0.05) is 33.6 Å². The van der Waals surface area contributed by atoms with Crippen LogP contribution in [0, 0.1) is 5.92 Å². The third kappa shape index (κ3) is 5.19. The van der Waals surface area contributed by atoms with E-state index < -0.39 is 0 Å². The van der Waals surface area contributed by atoms with E-state index in [1.54, 1.807) is 0 Å². The zero-order valence-corrected chi connectivity index (χ0v) is 12.9. The van der Waals surface area contributed by atoms with Crippen LogP contribution in [0.25, 0.3) is 0 Å². The first-order chi connectivity index (χ1) is 9.10. The summed E-state index contributed by atoms with van der Waals surface area (Å²) in [5.74, 6) is 1.06. The van der Waals surface area contributed by atoms with Crippen LogP contribution >= 0.6 is 11.6 Å². The van der Waals surface area contributed by atoms with E-state index in [0.717, 1.165) is 19.3 Å². The summed E-state index contributed by atoms with van der Waals surface area (Å²) < 4.78 is 5.38. The molecule has 1 rings (SSSR count). The van der Waals surface area contributed by atoms with Gasteiger partial charge in [0.05, 0.1) is 6.61 Å². The van der Waals surface area contributed by atoms with Gasteiger partial charge in [0.25, 0.3) is 0 Å². The normalized spacial score (nSPS) is 12.5. The van der Waals surface area contributed by atoms with Crippen LogP contribution in [-0.4, -0.2) is 27.6 Å². The summed E-state index contributed by atoms with van der Waals surface area (Å²) in [5, 5.41) is 3.43. The Labute approximate surface area is 120 Å². The summed E-state index contributed by atoms with van der Waals surface area (Å²) in [6, 6.07) is 0.564. The quantitative estimate of drug-likeness (QED) is 0.792. The van der Waals surface area contributed by atoms with Gasteiger partial charge in [-0.3, -0.25) is 0 Å². The van der Waals surface area contributed by atoms with Gasteiger partial charge in [-0.05, 0) is 30.9 Å². The lowest BCUT2D eigenvalue weighted by molar-refractivity contribution is 0.291. The van der Waals surface area contributed by atoms with Crippen LogP contribution in [0.1, 0.15) is 47.0 Å². The molecule has 1 unspecified atom stereocenters. The summed E-state index contributed by atoms with van der Waals surface area (Å²) in [7, 11) is 0. The van der Waals surface area contributed by atoms with Gasteiger partial charge in [0.15, 0.2) is 0 Å². The van der Waals surface area contributed by atoms with E-state index in [2.05, 4.69) is 41.0 Å². The second-order valence-corrected chi connectivity index (χ2v) is 4.91. The first-order valence-electron chi connectivity index (χ1n) is 6.91. The molecule has 0 aliphatic carbocycles. The first kappa shape index (κ1) is 16.0. The van der Waals surface area contributed by atoms with Crippen LogP contribution < -0.4 is 10.1 Å². The van der Waals surface area contributed by atoms with Crippen molar-refractivity contribution in [3.05, 3.63) is 5.28 Å². The predicted octanol–water partition coefficient (Wildman–Crippen LogP) is 3.55. The minimum atomic E-state index is 0.153. The van der Waals surface area contributed by atoms with Crippen LogP contribution in [0.2, 0.25) is 5.28 Å². The van der Waals surface area contributed by atoms with Crippen molar-refractivity contribution in [2.75, 3.05) is 11.9 Å². The van der Waals surface area contributed by atoms with E-state index >= 15 is 0 Å². The molecule has 0 saturated heterocycles. The van der Waals surface area contributed by atoms with Gasteiger partial charge in [-0.2, -0.15) is 15.0 Å². The summed E-state index contributed by atoms with van der Waals surface area (Å²) in [6.45, 7) is 9.09. The molecule has 0 fully saturated rings. The van der Waals surface area contributed by atoms with E-state index in [9.17, 15) is 0 Å². The Kier molecular flexibility index (Phi) is 6.84. The van der Waals surface area contributed by atoms with Gasteiger partial charge in [0, 0.05) is 6.04 Å². The Morgan fingerprint density at radius 2 is 1.84 bits per heavy atom. The molecule has 5 nitrogen and oxygen atoms in total. The van der Waals surface area contributed by atoms with Gasteiger partial charge in [0.2, 0.25) is 11.2 Å². The van der Waals surface area contributed by atoms with Crippen molar-refractivity contribution < 1.29 is 4.74 Å². The van der Waals surface area contributed by atoms with Gasteiger partial charge < -0.3 is 10.1 Å². The lowest BCUT2D eigenvalue weighted by Crippen LogP contribution is -2.26. The number of nitrogens with zero attached hydrogens (tertiary/aromatic N) is 3. The second kappa shape index (κ2) is 8.15. The zero-order chi connectivity index (χ0) is 14.3. The van der Waals surface area contributed by atoms with Crippen molar-refractivity contribution in [2.45, 2.75) is 53.0 Å². The summed E-state index contributed by atoms with van der Waals surface area (Å²) in [4.78, 5) is 12.3. The van der Waals surface area contributed by atoms with Crippen molar-refractivity contribution >= 4 is 17.5 Å². The van der Waals surface area contributed by atoms with Crippen molar-refractivity contribution in [1.29, 1.82) is 0 Å². The van der Waals surface area contributed by atoms with Gasteiger partial charge in [-0.25, -0.2) is 0 Å². The van der Waals surface area contributed by atoms with Crippen LogP contribution in [0.5, 0.6) is 6.01 Å². The Hall–Kier alpha value is -1.10. The van der Waals surface area contributed by atoms with Gasteiger partial charge >= 0.3 is 6.01 Å². The number of halogens is 1. The number of hydrogen-bond acceptors (Lipinski definition) is 5. The van der Waals surface area contributed by atoms with Crippen molar-refractivity contribution in [2.24, 2.45) is 5.92 Å². The summed E-state index contributed by atoms with van der Waals surface area (Å²) >= 11 is 5.88. The molecule has 1 N–H and O–H groups in total. The van der Waals surface area contributed by atoms with Crippen molar-refractivity contribution in [1.82, 2.24) is 15.0 Å². The molecule has 0 saturated carbocycles. The lowest BCUT2D eigenvalue weighted by atomic mass is 9.96. The molecule has 19 heavy (non-hydrogen) atoms. The number of anilines is 1. The molecule has 108 valence electrons. The SMILES string of the molecule is CCCOc1nc(Cl)nc(NC(C)C(CC)CC)n1. The Balaban J connectivity index is 2.74. The second-order valence-electron chi connectivity index (χ2n) is 4.57. The molecular formula is C13H23ClN4O. The molecule has 1 aromatic rings. The van der Waals surface area contributed by atoms with Crippen molar-refractivity contribution in [3.8, 4) is 6.01 Å². The summed E-state index contributed by atoms with van der Waals surface area (Å²) in [5.41, 5.74) is 0. The third-order valence-electron chi connectivity index (χ3n) is 3.14. The Morgan fingerprint density at radius 3 is 2.42 bits per heavy atom. The van der Waals surface area contributed by atoms with Crippen LogP contribution in [0.15, 0.2) is 0 Å². The highest BCUT2D eigenvalue weighted by atomic mass is 35.5. The topological polar surface area (TPSA) is 59.9 Å². The molecule has 0 amide bonds. The number of hydrogen-bond donors (Lipinski definition) is 1. The Morgan fingerprint density at radius 1 is 1.16 bits per heavy atom. The fraction of sp³-hybridized carbons (Fsp3) is 0.769. The molecule has 0 bridgehead atoms. The fourth-order valence-corrected chi connectivity index (χ4v) is 2.12. The van der Waals surface area contributed by atoms with Crippen LogP contribution in [-0.2, 0) is 0 Å². The monoisotopic (exact) mass is 286 g/mol. The number of ether oxygens (including phenoxy) is 1. The zero-order valence-electron chi connectivity index (χ0n) is 12.1. The van der Waals surface area contributed by atoms with E-state index in [0.29, 0.717) is 18.5 Å². The van der Waals surface area contributed by atoms with Gasteiger partial charge in [-0.15, -0.1) is 0 Å². The predicted molar refractivity (Wildman–Crippen MR) is 77.8 cm³/mol. The average Bonchev–Trinajstić information content (AvgIpc) is 2.37. The average molecular weight is 287 g/mol. The van der Waals surface area contributed by atoms with E-state index in [1.807, 2.05) is 6.92 Å². The van der Waals surface area contributed by atoms with Crippen molar-refractivity contribution in [3.63, 3.8) is 0 Å². The molecule has 1 heterocycles. The molecule has 0 aromatic carbocycles. The number of aromatic nitrogens is 3. The largest absolute Gasteiger partial charge is 0.463 e. The Bertz CT molecular complexity index is 385. The highest BCUT2D eigenvalue weighted by Gasteiger charge is 2.15. The fourth-order valence-electron chi connectivity index (χ4n) is 1.97. The third-order valence-corrected chi connectivity index (χ3v) is 3.30. The van der Waals surface area contributed by atoms with E-state index in [1.165, 1.54) is 0 Å². The lowest BCUT2D eigenvalue weighted by Gasteiger charge is -2.22. The van der Waals surface area contributed by atoms with Crippen LogP contribution in [0.3, 0.4) is 0 Å². The molecule has 1 aromatic heterocycles. The standard InChI is InChI=1S/C13H23ClN4O/c1-5-8-19-13-17-11(14)16-12(18-13)15-9(4)10(6-2)7-3/h9-10H,5-8H2,1-4H3,(H,15,16,17,18). The molecule has 6 heteroatoms. The smallest absolute Gasteiger partial charge is 0.322 e. The van der Waals surface area contributed by atoms with Gasteiger partial charge in [0.1, 0.15) is 0 Å². The molecule has 0 radical (unpaired) electrons. The number of nitrogens with one attached hydrogen (secondary N) is 1. The van der Waals surface area contributed by atoms with E-state index in [4.69, 9.17) is 16.3 Å². The van der Waals surface area contributed by atoms with E-state index in [-0.39, 0.29) is 17.3 Å². The molecule has 0 aliphatic rings. The molecule has 1 atom stereocenters. The minimum Gasteiger partial charge on any atom is -0.463 e. The first-order valence-corrected chi connectivity index (χ1v) is 7.29. The molecule has 0 aliphatic heterocycles. The maximum atomic E-state index is 5.88. The van der Waals surface area contributed by atoms with Crippen LogP contribution in [0.4, 0.5) is 5.95 Å². The molecule has 0 spiro atoms. The summed E-state index contributed by atoms with van der Waals surface area (Å²) in [6.07, 6.45) is 3.13. The molecular weight excluding hydrogens is 264 g/mol.